The Hall–Kier alpha value is -1.11. The quantitative estimate of drug-likeness (QED) is 0.417. The Morgan fingerprint density at radius 3 is 2.40 bits per heavy atom. The molecule has 0 aliphatic carbocycles. The molecule has 1 heteroatoms. The van der Waals surface area contributed by atoms with E-state index in [1.807, 2.05) is 26.0 Å². The van der Waals surface area contributed by atoms with Gasteiger partial charge in [0.15, 0.2) is 0 Å². The third kappa shape index (κ3) is 3.02. The minimum atomic E-state index is 0.815. The minimum Gasteiger partial charge on any atom is -0.265 e. The highest BCUT2D eigenvalue weighted by atomic mass is 14.7. The predicted octanol–water partition coefficient (Wildman–Crippen LogP) is 2.72. The molecule has 0 rings (SSSR count). The number of hydrogen-bond donors (Lipinski definition) is 0. The van der Waals surface area contributed by atoms with E-state index in [1.54, 1.807) is 6.08 Å². The van der Waals surface area contributed by atoms with Gasteiger partial charge in [-0.05, 0) is 32.7 Å². The lowest BCUT2D eigenvalue weighted by atomic mass is 10.2. The van der Waals surface area contributed by atoms with Crippen LogP contribution < -0.4 is 0 Å². The second-order valence-electron chi connectivity index (χ2n) is 1.96. The van der Waals surface area contributed by atoms with Crippen LogP contribution in [0.3, 0.4) is 0 Å². The summed E-state index contributed by atoms with van der Waals surface area (Å²) in [6.45, 7) is 11.0. The van der Waals surface area contributed by atoms with Crippen LogP contribution in [0.2, 0.25) is 0 Å². The molecular formula is C9H13N. The molecule has 10 heavy (non-hydrogen) atoms. The first-order valence-corrected chi connectivity index (χ1v) is 3.18. The zero-order chi connectivity index (χ0) is 7.98. The lowest BCUT2D eigenvalue weighted by molar-refractivity contribution is 1.38. The van der Waals surface area contributed by atoms with Crippen molar-refractivity contribution in [1.29, 1.82) is 0 Å². The molecule has 0 aliphatic heterocycles. The Labute approximate surface area is 62.5 Å². The van der Waals surface area contributed by atoms with Crippen molar-refractivity contribution in [2.24, 2.45) is 4.99 Å². The second-order valence-corrected chi connectivity index (χ2v) is 1.96. The lowest BCUT2D eigenvalue weighted by Crippen LogP contribution is -1.72. The van der Waals surface area contributed by atoms with Crippen molar-refractivity contribution in [3.05, 3.63) is 36.1 Å². The summed E-state index contributed by atoms with van der Waals surface area (Å²) < 4.78 is 0. The molecule has 0 aromatic carbocycles. The van der Waals surface area contributed by atoms with Gasteiger partial charge < -0.3 is 0 Å². The Morgan fingerprint density at radius 2 is 2.10 bits per heavy atom. The van der Waals surface area contributed by atoms with Gasteiger partial charge in [0, 0.05) is 0 Å². The third-order valence-corrected chi connectivity index (χ3v) is 1.22. The predicted molar refractivity (Wildman–Crippen MR) is 47.3 cm³/mol. The normalized spacial score (nSPS) is 13.0. The zero-order valence-corrected chi connectivity index (χ0v) is 6.59. The SMILES string of the molecule is C=C/C(=C\C(C)=C/C)N=C. The van der Waals surface area contributed by atoms with E-state index in [4.69, 9.17) is 0 Å². The van der Waals surface area contributed by atoms with Crippen molar-refractivity contribution in [3.63, 3.8) is 0 Å². The smallest absolute Gasteiger partial charge is 0.0619 e. The highest BCUT2D eigenvalue weighted by Gasteiger charge is 1.83. The summed E-state index contributed by atoms with van der Waals surface area (Å²) >= 11 is 0. The van der Waals surface area contributed by atoms with Crippen LogP contribution >= 0.6 is 0 Å². The topological polar surface area (TPSA) is 12.4 Å². The van der Waals surface area contributed by atoms with Crippen LogP contribution in [0, 0.1) is 0 Å². The summed E-state index contributed by atoms with van der Waals surface area (Å²) in [5.74, 6) is 0. The van der Waals surface area contributed by atoms with Crippen LogP contribution in [0.4, 0.5) is 0 Å². The number of allylic oxidation sites excluding steroid dienone is 4. The number of rotatable bonds is 3. The zero-order valence-electron chi connectivity index (χ0n) is 6.59. The minimum absolute atomic E-state index is 0.815. The molecule has 0 bridgehead atoms. The fourth-order valence-corrected chi connectivity index (χ4v) is 0.486. The van der Waals surface area contributed by atoms with Gasteiger partial charge in [0.05, 0.1) is 5.70 Å². The van der Waals surface area contributed by atoms with E-state index in [9.17, 15) is 0 Å². The number of hydrogen-bond acceptors (Lipinski definition) is 1. The number of nitrogens with zero attached hydrogens (tertiary/aromatic N) is 1. The summed E-state index contributed by atoms with van der Waals surface area (Å²) in [4.78, 5) is 3.75. The monoisotopic (exact) mass is 135 g/mol. The third-order valence-electron chi connectivity index (χ3n) is 1.22. The molecule has 0 atom stereocenters. The molecule has 0 heterocycles. The van der Waals surface area contributed by atoms with Crippen LogP contribution in [0.1, 0.15) is 13.8 Å². The van der Waals surface area contributed by atoms with Crippen LogP contribution in [0.15, 0.2) is 41.1 Å². The van der Waals surface area contributed by atoms with Gasteiger partial charge in [-0.1, -0.05) is 18.2 Å². The molecule has 0 aliphatic rings. The summed E-state index contributed by atoms with van der Waals surface area (Å²) in [5, 5.41) is 0. The molecule has 0 unspecified atom stereocenters. The molecule has 0 fully saturated rings. The highest BCUT2D eigenvalue weighted by molar-refractivity contribution is 5.35. The lowest BCUT2D eigenvalue weighted by Gasteiger charge is -1.91. The molecule has 0 saturated carbocycles. The van der Waals surface area contributed by atoms with Gasteiger partial charge in [0.2, 0.25) is 0 Å². The fraction of sp³-hybridized carbons (Fsp3) is 0.222. The molecule has 0 spiro atoms. The van der Waals surface area contributed by atoms with Crippen LogP contribution in [0.25, 0.3) is 0 Å². The summed E-state index contributed by atoms with van der Waals surface area (Å²) in [5.41, 5.74) is 1.98. The molecule has 0 aromatic heterocycles. The van der Waals surface area contributed by atoms with Crippen molar-refractivity contribution in [2.45, 2.75) is 13.8 Å². The van der Waals surface area contributed by atoms with E-state index in [-0.39, 0.29) is 0 Å². The van der Waals surface area contributed by atoms with Crippen molar-refractivity contribution in [3.8, 4) is 0 Å². The van der Waals surface area contributed by atoms with Gasteiger partial charge >= 0.3 is 0 Å². The molecule has 0 N–H and O–H groups in total. The Bertz CT molecular complexity index is 175. The first-order valence-electron chi connectivity index (χ1n) is 3.18. The molecule has 0 saturated heterocycles. The molecule has 54 valence electrons. The molecule has 0 radical (unpaired) electrons. The van der Waals surface area contributed by atoms with Crippen molar-refractivity contribution >= 4 is 6.72 Å². The molecule has 0 amide bonds. The van der Waals surface area contributed by atoms with Crippen molar-refractivity contribution in [2.75, 3.05) is 0 Å². The Morgan fingerprint density at radius 1 is 1.50 bits per heavy atom. The van der Waals surface area contributed by atoms with Crippen LogP contribution in [-0.4, -0.2) is 6.72 Å². The largest absolute Gasteiger partial charge is 0.265 e. The second kappa shape index (κ2) is 4.74. The summed E-state index contributed by atoms with van der Waals surface area (Å²) in [7, 11) is 0. The maximum atomic E-state index is 3.75. The average molecular weight is 135 g/mol. The van der Waals surface area contributed by atoms with E-state index >= 15 is 0 Å². The van der Waals surface area contributed by atoms with Crippen LogP contribution in [-0.2, 0) is 0 Å². The van der Waals surface area contributed by atoms with E-state index in [0.717, 1.165) is 5.70 Å². The molecular weight excluding hydrogens is 122 g/mol. The molecule has 1 nitrogen and oxygen atoms in total. The van der Waals surface area contributed by atoms with Gasteiger partial charge in [-0.3, -0.25) is 4.99 Å². The van der Waals surface area contributed by atoms with Gasteiger partial charge in [0.1, 0.15) is 0 Å². The fourth-order valence-electron chi connectivity index (χ4n) is 0.486. The number of aliphatic imine (C=N–C) groups is 1. The molecule has 0 aromatic rings. The van der Waals surface area contributed by atoms with E-state index in [1.165, 1.54) is 5.57 Å². The standard InChI is InChI=1S/C9H13N/c1-5-8(3)7-9(6-2)10-4/h5-7H,2,4H2,1,3H3/b8-5-,9-7+. The summed E-state index contributed by atoms with van der Waals surface area (Å²) in [6, 6.07) is 0. The Kier molecular flexibility index (Phi) is 4.21. The van der Waals surface area contributed by atoms with Crippen molar-refractivity contribution in [1.82, 2.24) is 0 Å². The first kappa shape index (κ1) is 8.89. The van der Waals surface area contributed by atoms with Gasteiger partial charge in [0.25, 0.3) is 0 Å². The van der Waals surface area contributed by atoms with Gasteiger partial charge in [-0.25, -0.2) is 0 Å². The first-order chi connectivity index (χ1) is 4.74. The van der Waals surface area contributed by atoms with Gasteiger partial charge in [-0.2, -0.15) is 0 Å². The van der Waals surface area contributed by atoms with E-state index in [0.29, 0.717) is 0 Å². The summed E-state index contributed by atoms with van der Waals surface area (Å²) in [6.07, 6.45) is 5.62. The van der Waals surface area contributed by atoms with E-state index < -0.39 is 0 Å². The van der Waals surface area contributed by atoms with Crippen molar-refractivity contribution < 1.29 is 0 Å². The van der Waals surface area contributed by atoms with Gasteiger partial charge in [-0.15, -0.1) is 0 Å². The van der Waals surface area contributed by atoms with Crippen LogP contribution in [0.5, 0.6) is 0 Å². The van der Waals surface area contributed by atoms with E-state index in [2.05, 4.69) is 18.3 Å². The Balaban J connectivity index is 4.39. The maximum absolute atomic E-state index is 3.75. The average Bonchev–Trinajstić information content (AvgIpc) is 1.99. The maximum Gasteiger partial charge on any atom is 0.0619 e. The highest BCUT2D eigenvalue weighted by Crippen LogP contribution is 2.02.